The molecule has 1 aromatic carbocycles. The van der Waals surface area contributed by atoms with Crippen LogP contribution in [0.25, 0.3) is 0 Å². The van der Waals surface area contributed by atoms with Crippen LogP contribution in [0.2, 0.25) is 0 Å². The first-order chi connectivity index (χ1) is 10.1. The maximum Gasteiger partial charge on any atom is 0.224 e. The molecular weight excluding hydrogens is 266 g/mol. The summed E-state index contributed by atoms with van der Waals surface area (Å²) in [6.07, 6.45) is 0. The van der Waals surface area contributed by atoms with Crippen LogP contribution in [0.15, 0.2) is 30.3 Å². The molecule has 0 bridgehead atoms. The van der Waals surface area contributed by atoms with Crippen LogP contribution in [0.4, 0.5) is 0 Å². The number of likely N-dealkylation sites (N-methyl/N-ethyl adjacent to an activating group) is 1. The first-order valence-electron chi connectivity index (χ1n) is 7.32. The Morgan fingerprint density at radius 3 is 2.62 bits per heavy atom. The largest absolute Gasteiger partial charge is 0.383 e. The van der Waals surface area contributed by atoms with Crippen molar-refractivity contribution in [1.82, 2.24) is 10.2 Å². The topological polar surface area (TPSA) is 67.6 Å². The summed E-state index contributed by atoms with van der Waals surface area (Å²) < 4.78 is 5.01. The predicted octanol–water partition coefficient (Wildman–Crippen LogP) is 1.02. The molecule has 1 amide bonds. The van der Waals surface area contributed by atoms with E-state index >= 15 is 0 Å². The van der Waals surface area contributed by atoms with E-state index in [1.54, 1.807) is 7.11 Å². The lowest BCUT2D eigenvalue weighted by molar-refractivity contribution is -0.125. The molecule has 0 saturated carbocycles. The molecule has 0 aliphatic rings. The zero-order chi connectivity index (χ0) is 15.7. The molecule has 3 N–H and O–H groups in total. The minimum Gasteiger partial charge on any atom is -0.383 e. The fraction of sp³-hybridized carbons (Fsp3) is 0.562. The summed E-state index contributed by atoms with van der Waals surface area (Å²) >= 11 is 0. The van der Waals surface area contributed by atoms with E-state index in [1.165, 1.54) is 0 Å². The molecule has 0 fully saturated rings. The van der Waals surface area contributed by atoms with E-state index in [0.717, 1.165) is 18.7 Å². The van der Waals surface area contributed by atoms with E-state index in [9.17, 15) is 4.79 Å². The number of hydrogen-bond donors (Lipinski definition) is 2. The van der Waals surface area contributed by atoms with E-state index in [0.29, 0.717) is 13.2 Å². The summed E-state index contributed by atoms with van der Waals surface area (Å²) in [4.78, 5) is 14.2. The highest BCUT2D eigenvalue weighted by molar-refractivity contribution is 5.79. The van der Waals surface area contributed by atoms with Gasteiger partial charge in [0, 0.05) is 32.8 Å². The second-order valence-electron chi connectivity index (χ2n) is 5.31. The van der Waals surface area contributed by atoms with Crippen LogP contribution in [-0.2, 0) is 9.53 Å². The molecule has 0 saturated heterocycles. The average molecular weight is 293 g/mol. The highest BCUT2D eigenvalue weighted by Crippen LogP contribution is 2.18. The normalized spacial score (nSPS) is 14.0. The number of nitrogens with zero attached hydrogens (tertiary/aromatic N) is 1. The second kappa shape index (κ2) is 9.50. The van der Waals surface area contributed by atoms with Crippen LogP contribution in [0, 0.1) is 5.92 Å². The Hall–Kier alpha value is -1.43. The maximum absolute atomic E-state index is 12.1. The minimum absolute atomic E-state index is 0.00788. The molecule has 2 unspecified atom stereocenters. The van der Waals surface area contributed by atoms with Crippen LogP contribution in [0.3, 0.4) is 0 Å². The highest BCUT2D eigenvalue weighted by Gasteiger charge is 2.21. The van der Waals surface area contributed by atoms with E-state index in [4.69, 9.17) is 10.5 Å². The van der Waals surface area contributed by atoms with Crippen LogP contribution >= 0.6 is 0 Å². The number of carbonyl (C=O) groups is 1. The standard InChI is InChI=1S/C16H27N3O2/c1-13(15(17)14-7-5-4-6-8-14)16(20)18-9-10-19(2)11-12-21-3/h4-8,13,15H,9-12,17H2,1-3H3,(H,18,20). The molecule has 21 heavy (non-hydrogen) atoms. The number of nitrogens with two attached hydrogens (primary N) is 1. The van der Waals surface area contributed by atoms with Gasteiger partial charge >= 0.3 is 0 Å². The van der Waals surface area contributed by atoms with Crippen LogP contribution in [0.5, 0.6) is 0 Å². The third kappa shape index (κ3) is 6.25. The van der Waals surface area contributed by atoms with Gasteiger partial charge in [0.05, 0.1) is 12.5 Å². The molecule has 0 spiro atoms. The number of ether oxygens (including phenoxy) is 1. The van der Waals surface area contributed by atoms with Gasteiger partial charge in [0.2, 0.25) is 5.91 Å². The van der Waals surface area contributed by atoms with Crippen molar-refractivity contribution >= 4 is 5.91 Å². The lowest BCUT2D eigenvalue weighted by Gasteiger charge is -2.21. The van der Waals surface area contributed by atoms with Gasteiger partial charge < -0.3 is 20.7 Å². The fourth-order valence-corrected chi connectivity index (χ4v) is 2.02. The molecule has 0 aliphatic carbocycles. The molecule has 5 heteroatoms. The van der Waals surface area contributed by atoms with Gasteiger partial charge in [-0.2, -0.15) is 0 Å². The minimum atomic E-state index is -0.280. The van der Waals surface area contributed by atoms with Crippen molar-refractivity contribution in [3.05, 3.63) is 35.9 Å². The van der Waals surface area contributed by atoms with Crippen molar-refractivity contribution in [2.75, 3.05) is 40.4 Å². The quantitative estimate of drug-likeness (QED) is 0.713. The number of nitrogens with one attached hydrogen (secondary N) is 1. The van der Waals surface area contributed by atoms with Crippen LogP contribution < -0.4 is 11.1 Å². The van der Waals surface area contributed by atoms with Gasteiger partial charge in [-0.15, -0.1) is 0 Å². The van der Waals surface area contributed by atoms with Crippen molar-refractivity contribution in [3.8, 4) is 0 Å². The van der Waals surface area contributed by atoms with Crippen molar-refractivity contribution < 1.29 is 9.53 Å². The molecule has 0 heterocycles. The van der Waals surface area contributed by atoms with E-state index < -0.39 is 0 Å². The summed E-state index contributed by atoms with van der Waals surface area (Å²) in [6, 6.07) is 9.43. The molecule has 2 atom stereocenters. The summed E-state index contributed by atoms with van der Waals surface area (Å²) in [5, 5.41) is 2.94. The lowest BCUT2D eigenvalue weighted by atomic mass is 9.95. The van der Waals surface area contributed by atoms with E-state index in [1.807, 2.05) is 44.3 Å². The predicted molar refractivity (Wildman–Crippen MR) is 84.9 cm³/mol. The van der Waals surface area contributed by atoms with Crippen LogP contribution in [-0.4, -0.2) is 51.2 Å². The summed E-state index contributed by atoms with van der Waals surface area (Å²) in [5.41, 5.74) is 7.13. The van der Waals surface area contributed by atoms with Gasteiger partial charge in [0.15, 0.2) is 0 Å². The Morgan fingerprint density at radius 2 is 2.00 bits per heavy atom. The number of methoxy groups -OCH3 is 1. The molecule has 118 valence electrons. The third-order valence-corrected chi connectivity index (χ3v) is 3.61. The monoisotopic (exact) mass is 293 g/mol. The van der Waals surface area contributed by atoms with Gasteiger partial charge in [-0.3, -0.25) is 4.79 Å². The smallest absolute Gasteiger partial charge is 0.224 e. The SMILES string of the molecule is COCCN(C)CCNC(=O)C(C)C(N)c1ccccc1. The van der Waals surface area contributed by atoms with Gasteiger partial charge in [0.25, 0.3) is 0 Å². The Bertz CT molecular complexity index is 411. The summed E-state index contributed by atoms with van der Waals surface area (Å²) in [6.45, 7) is 4.82. The highest BCUT2D eigenvalue weighted by atomic mass is 16.5. The summed E-state index contributed by atoms with van der Waals surface area (Å²) in [7, 11) is 3.69. The van der Waals surface area contributed by atoms with Gasteiger partial charge in [0.1, 0.15) is 0 Å². The second-order valence-corrected chi connectivity index (χ2v) is 5.31. The van der Waals surface area contributed by atoms with Crippen molar-refractivity contribution in [1.29, 1.82) is 0 Å². The lowest BCUT2D eigenvalue weighted by Crippen LogP contribution is -2.39. The molecule has 1 aromatic rings. The van der Waals surface area contributed by atoms with Crippen molar-refractivity contribution in [2.24, 2.45) is 11.7 Å². The Labute approximate surface area is 127 Å². The molecule has 5 nitrogen and oxygen atoms in total. The zero-order valence-electron chi connectivity index (χ0n) is 13.2. The molecule has 0 radical (unpaired) electrons. The fourth-order valence-electron chi connectivity index (χ4n) is 2.02. The maximum atomic E-state index is 12.1. The van der Waals surface area contributed by atoms with Gasteiger partial charge in [-0.25, -0.2) is 0 Å². The van der Waals surface area contributed by atoms with Gasteiger partial charge in [-0.1, -0.05) is 37.3 Å². The molecule has 0 aliphatic heterocycles. The average Bonchev–Trinajstić information content (AvgIpc) is 2.52. The number of carbonyl (C=O) groups excluding carboxylic acids is 1. The summed E-state index contributed by atoms with van der Waals surface area (Å²) in [5.74, 6) is -0.261. The molecule has 0 aromatic heterocycles. The molecule has 1 rings (SSSR count). The zero-order valence-corrected chi connectivity index (χ0v) is 13.2. The number of benzene rings is 1. The Balaban J connectivity index is 2.34. The van der Waals surface area contributed by atoms with E-state index in [2.05, 4.69) is 10.2 Å². The van der Waals surface area contributed by atoms with E-state index in [-0.39, 0.29) is 17.9 Å². The third-order valence-electron chi connectivity index (χ3n) is 3.61. The number of hydrogen-bond acceptors (Lipinski definition) is 4. The first kappa shape index (κ1) is 17.6. The van der Waals surface area contributed by atoms with Crippen molar-refractivity contribution in [3.63, 3.8) is 0 Å². The Morgan fingerprint density at radius 1 is 1.33 bits per heavy atom. The van der Waals surface area contributed by atoms with Gasteiger partial charge in [-0.05, 0) is 12.6 Å². The first-order valence-corrected chi connectivity index (χ1v) is 7.32. The van der Waals surface area contributed by atoms with Crippen LogP contribution in [0.1, 0.15) is 18.5 Å². The Kier molecular flexibility index (Phi) is 7.97. The number of rotatable bonds is 9. The van der Waals surface area contributed by atoms with Crippen molar-refractivity contribution in [2.45, 2.75) is 13.0 Å². The molecular formula is C16H27N3O2. The number of amides is 1.